The van der Waals surface area contributed by atoms with E-state index in [2.05, 4.69) is 20.9 Å². The number of halogens is 1. The number of para-hydroxylation sites is 1. The number of hydrogen-bond donors (Lipinski definition) is 4. The molecule has 1 heterocycles. The molecule has 1 aliphatic rings. The van der Waals surface area contributed by atoms with Crippen molar-refractivity contribution in [3.05, 3.63) is 65.2 Å². The van der Waals surface area contributed by atoms with E-state index in [1.165, 1.54) is 5.56 Å². The second-order valence-electron chi connectivity index (χ2n) is 8.61. The van der Waals surface area contributed by atoms with Gasteiger partial charge in [-0.2, -0.15) is 0 Å². The third kappa shape index (κ3) is 8.68. The molecule has 0 radical (unpaired) electrons. The smallest absolute Gasteiger partial charge is 0.319 e. The number of nitrogens with zero attached hydrogens (tertiary/aromatic N) is 1. The van der Waals surface area contributed by atoms with Gasteiger partial charge in [0.1, 0.15) is 6.04 Å². The summed E-state index contributed by atoms with van der Waals surface area (Å²) < 4.78 is 0. The molecule has 0 unspecified atom stereocenters. The van der Waals surface area contributed by atoms with Gasteiger partial charge in [-0.3, -0.25) is 14.5 Å². The molecule has 1 aliphatic heterocycles. The van der Waals surface area contributed by atoms with Crippen molar-refractivity contribution in [2.75, 3.05) is 25.0 Å². The number of amides is 4. The standard InChI is InChI=1S/C25H32ClN5O3/c26-20-8-6-19(7-9-20)17-31-14-12-18(13-15-31)16-28-24(33)22(10-11-23(27)32)30-25(34)29-21-4-2-1-3-5-21/h1-9,18,22H,10-17H2,(H2,27,32)(H,28,33)(H2,29,30,34)/t22-/m0/s1. The van der Waals surface area contributed by atoms with E-state index in [0.29, 0.717) is 18.2 Å². The molecular weight excluding hydrogens is 454 g/mol. The molecule has 2 aromatic carbocycles. The maximum atomic E-state index is 12.8. The first kappa shape index (κ1) is 25.5. The lowest BCUT2D eigenvalue weighted by molar-refractivity contribution is -0.123. The number of carbonyl (C=O) groups excluding carboxylic acids is 3. The maximum absolute atomic E-state index is 12.8. The molecule has 3 rings (SSSR count). The average molecular weight is 486 g/mol. The largest absolute Gasteiger partial charge is 0.370 e. The number of hydrogen-bond acceptors (Lipinski definition) is 4. The Labute approximate surface area is 205 Å². The van der Waals surface area contributed by atoms with Crippen molar-refractivity contribution >= 4 is 35.1 Å². The first-order valence-corrected chi connectivity index (χ1v) is 11.9. The minimum absolute atomic E-state index is 0.00674. The highest BCUT2D eigenvalue weighted by Gasteiger charge is 2.24. The van der Waals surface area contributed by atoms with E-state index < -0.39 is 18.0 Å². The average Bonchev–Trinajstić information content (AvgIpc) is 2.83. The number of carbonyl (C=O) groups is 3. The van der Waals surface area contributed by atoms with Crippen molar-refractivity contribution in [3.8, 4) is 0 Å². The minimum Gasteiger partial charge on any atom is -0.370 e. The van der Waals surface area contributed by atoms with Crippen molar-refractivity contribution in [2.24, 2.45) is 11.7 Å². The van der Waals surface area contributed by atoms with E-state index in [1.54, 1.807) is 24.3 Å². The lowest BCUT2D eigenvalue weighted by Gasteiger charge is -2.32. The van der Waals surface area contributed by atoms with E-state index in [0.717, 1.165) is 37.5 Å². The summed E-state index contributed by atoms with van der Waals surface area (Å²) in [6.45, 7) is 3.31. The summed E-state index contributed by atoms with van der Waals surface area (Å²) in [5.41, 5.74) is 7.09. The minimum atomic E-state index is -0.846. The van der Waals surface area contributed by atoms with Gasteiger partial charge in [-0.1, -0.05) is 41.9 Å². The molecule has 0 bridgehead atoms. The Balaban J connectivity index is 1.44. The molecule has 0 saturated carbocycles. The van der Waals surface area contributed by atoms with Crippen molar-refractivity contribution < 1.29 is 14.4 Å². The number of likely N-dealkylation sites (tertiary alicyclic amines) is 1. The number of benzene rings is 2. The molecule has 182 valence electrons. The Morgan fingerprint density at radius 3 is 2.35 bits per heavy atom. The molecule has 9 heteroatoms. The zero-order valence-electron chi connectivity index (χ0n) is 19.1. The summed E-state index contributed by atoms with van der Waals surface area (Å²) in [5.74, 6) is -0.468. The SMILES string of the molecule is NC(=O)CC[C@H](NC(=O)Nc1ccccc1)C(=O)NCC1CCN(Cc2ccc(Cl)cc2)CC1. The fourth-order valence-electron chi connectivity index (χ4n) is 3.97. The summed E-state index contributed by atoms with van der Waals surface area (Å²) in [6, 6.07) is 15.5. The Morgan fingerprint density at radius 2 is 1.71 bits per heavy atom. The quantitative estimate of drug-likeness (QED) is 0.413. The summed E-state index contributed by atoms with van der Waals surface area (Å²) in [6.07, 6.45) is 2.10. The van der Waals surface area contributed by atoms with Crippen molar-refractivity contribution in [3.63, 3.8) is 0 Å². The van der Waals surface area contributed by atoms with Crippen LogP contribution in [0.1, 0.15) is 31.2 Å². The topological polar surface area (TPSA) is 117 Å². The Morgan fingerprint density at radius 1 is 1.03 bits per heavy atom. The highest BCUT2D eigenvalue weighted by Crippen LogP contribution is 2.19. The van der Waals surface area contributed by atoms with E-state index in [4.69, 9.17) is 17.3 Å². The Kier molecular flexibility index (Phi) is 9.73. The number of nitrogens with one attached hydrogen (secondary N) is 3. The summed E-state index contributed by atoms with van der Waals surface area (Å²) >= 11 is 5.96. The van der Waals surface area contributed by atoms with Gasteiger partial charge in [0, 0.05) is 30.2 Å². The van der Waals surface area contributed by atoms with Gasteiger partial charge in [0.2, 0.25) is 11.8 Å². The van der Waals surface area contributed by atoms with Gasteiger partial charge in [0.05, 0.1) is 0 Å². The van der Waals surface area contributed by atoms with Gasteiger partial charge in [-0.15, -0.1) is 0 Å². The van der Waals surface area contributed by atoms with Crippen molar-refractivity contribution in [1.82, 2.24) is 15.5 Å². The molecule has 0 aromatic heterocycles. The van der Waals surface area contributed by atoms with Gasteiger partial charge in [0.25, 0.3) is 0 Å². The molecule has 0 spiro atoms. The van der Waals surface area contributed by atoms with Gasteiger partial charge >= 0.3 is 6.03 Å². The van der Waals surface area contributed by atoms with Crippen LogP contribution in [0.5, 0.6) is 0 Å². The van der Waals surface area contributed by atoms with Crippen molar-refractivity contribution in [1.29, 1.82) is 0 Å². The lowest BCUT2D eigenvalue weighted by Crippen LogP contribution is -2.49. The summed E-state index contributed by atoms with van der Waals surface area (Å²) in [5, 5.41) is 9.03. The number of rotatable bonds is 10. The van der Waals surface area contributed by atoms with Gasteiger partial charge < -0.3 is 21.7 Å². The zero-order valence-corrected chi connectivity index (χ0v) is 19.9. The van der Waals surface area contributed by atoms with Crippen LogP contribution < -0.4 is 21.7 Å². The number of piperidine rings is 1. The van der Waals surface area contributed by atoms with Crippen LogP contribution in [0.2, 0.25) is 5.02 Å². The lowest BCUT2D eigenvalue weighted by atomic mass is 9.96. The second kappa shape index (κ2) is 13.0. The number of nitrogens with two attached hydrogens (primary N) is 1. The van der Waals surface area contributed by atoms with E-state index in [9.17, 15) is 14.4 Å². The molecule has 4 amide bonds. The van der Waals surface area contributed by atoms with Crippen LogP contribution in [0.3, 0.4) is 0 Å². The maximum Gasteiger partial charge on any atom is 0.319 e. The zero-order chi connectivity index (χ0) is 24.3. The van der Waals surface area contributed by atoms with E-state index in [-0.39, 0.29) is 18.7 Å². The van der Waals surface area contributed by atoms with E-state index in [1.807, 2.05) is 30.3 Å². The third-order valence-electron chi connectivity index (χ3n) is 5.92. The molecule has 0 aliphatic carbocycles. The number of primary amides is 1. The molecular formula is C25H32ClN5O3. The molecule has 1 atom stereocenters. The molecule has 1 fully saturated rings. The first-order chi connectivity index (χ1) is 16.4. The highest BCUT2D eigenvalue weighted by molar-refractivity contribution is 6.30. The second-order valence-corrected chi connectivity index (χ2v) is 9.05. The molecule has 1 saturated heterocycles. The fourth-order valence-corrected chi connectivity index (χ4v) is 4.09. The summed E-state index contributed by atoms with van der Waals surface area (Å²) in [4.78, 5) is 38.8. The predicted molar refractivity (Wildman–Crippen MR) is 133 cm³/mol. The van der Waals surface area contributed by atoms with Crippen molar-refractivity contribution in [2.45, 2.75) is 38.3 Å². The van der Waals surface area contributed by atoms with Gasteiger partial charge in [0.15, 0.2) is 0 Å². The highest BCUT2D eigenvalue weighted by atomic mass is 35.5. The van der Waals surface area contributed by atoms with Crippen LogP contribution in [-0.4, -0.2) is 48.4 Å². The third-order valence-corrected chi connectivity index (χ3v) is 6.18. The Hall–Kier alpha value is -3.10. The first-order valence-electron chi connectivity index (χ1n) is 11.5. The van der Waals surface area contributed by atoms with Crippen LogP contribution >= 0.6 is 11.6 Å². The van der Waals surface area contributed by atoms with Crippen LogP contribution in [0.25, 0.3) is 0 Å². The molecule has 2 aromatic rings. The fraction of sp³-hybridized carbons (Fsp3) is 0.400. The normalized spacial score (nSPS) is 15.3. The van der Waals surface area contributed by atoms with Crippen LogP contribution in [0.15, 0.2) is 54.6 Å². The number of urea groups is 1. The van der Waals surface area contributed by atoms with Crippen LogP contribution in [-0.2, 0) is 16.1 Å². The van der Waals surface area contributed by atoms with Gasteiger partial charge in [-0.25, -0.2) is 4.79 Å². The number of anilines is 1. The van der Waals surface area contributed by atoms with Crippen LogP contribution in [0.4, 0.5) is 10.5 Å². The Bertz CT molecular complexity index is 947. The monoisotopic (exact) mass is 485 g/mol. The van der Waals surface area contributed by atoms with E-state index >= 15 is 0 Å². The molecule has 8 nitrogen and oxygen atoms in total. The van der Waals surface area contributed by atoms with Gasteiger partial charge in [-0.05, 0) is 68.1 Å². The van der Waals surface area contributed by atoms with Crippen LogP contribution in [0, 0.1) is 5.92 Å². The molecule has 5 N–H and O–H groups in total. The predicted octanol–water partition coefficient (Wildman–Crippen LogP) is 3.12. The molecule has 34 heavy (non-hydrogen) atoms. The summed E-state index contributed by atoms with van der Waals surface area (Å²) in [7, 11) is 0.